The highest BCUT2D eigenvalue weighted by Crippen LogP contribution is 2.26. The third kappa shape index (κ3) is 3.34. The number of anilines is 1. The molecular weight excluding hydrogens is 339 g/mol. The van der Waals surface area contributed by atoms with Crippen LogP contribution in [0.3, 0.4) is 0 Å². The Morgan fingerprint density at radius 1 is 0.957 bits per heavy atom. The standard InChI is InChI=1S/C16H16ClFN2O2S/c17-15-6-1-2-7-16(15)23(21,22)20-10-8-19(9-11-20)14-5-3-4-13(18)12-14/h1-7,12H,8-11H2. The maximum atomic E-state index is 13.3. The Bertz CT molecular complexity index is 805. The van der Waals surface area contributed by atoms with E-state index in [1.54, 1.807) is 24.3 Å². The molecule has 0 bridgehead atoms. The first-order chi connectivity index (χ1) is 11.0. The summed E-state index contributed by atoms with van der Waals surface area (Å²) in [7, 11) is -3.61. The number of piperazine rings is 1. The van der Waals surface area contributed by atoms with Crippen LogP contribution in [-0.4, -0.2) is 38.9 Å². The van der Waals surface area contributed by atoms with Gasteiger partial charge in [-0.3, -0.25) is 0 Å². The molecule has 0 radical (unpaired) electrons. The average Bonchev–Trinajstić information content (AvgIpc) is 2.55. The summed E-state index contributed by atoms with van der Waals surface area (Å²) in [4.78, 5) is 2.10. The van der Waals surface area contributed by atoms with Crippen LogP contribution in [0.1, 0.15) is 0 Å². The fourth-order valence-electron chi connectivity index (χ4n) is 2.65. The van der Waals surface area contributed by atoms with Gasteiger partial charge in [-0.1, -0.05) is 29.8 Å². The zero-order valence-corrected chi connectivity index (χ0v) is 13.9. The molecule has 0 aromatic heterocycles. The van der Waals surface area contributed by atoms with E-state index in [1.165, 1.54) is 22.5 Å². The molecular formula is C16H16ClFN2O2S. The van der Waals surface area contributed by atoms with E-state index in [-0.39, 0.29) is 15.7 Å². The van der Waals surface area contributed by atoms with Crippen molar-refractivity contribution in [3.8, 4) is 0 Å². The van der Waals surface area contributed by atoms with Gasteiger partial charge in [0, 0.05) is 31.9 Å². The van der Waals surface area contributed by atoms with E-state index in [4.69, 9.17) is 11.6 Å². The minimum atomic E-state index is -3.61. The first-order valence-corrected chi connectivity index (χ1v) is 9.05. The number of benzene rings is 2. The topological polar surface area (TPSA) is 40.6 Å². The van der Waals surface area contributed by atoms with Crippen molar-refractivity contribution in [3.05, 3.63) is 59.4 Å². The van der Waals surface area contributed by atoms with E-state index in [1.807, 2.05) is 11.0 Å². The van der Waals surface area contributed by atoms with Crippen molar-refractivity contribution in [2.75, 3.05) is 31.1 Å². The Balaban J connectivity index is 1.75. The van der Waals surface area contributed by atoms with Crippen LogP contribution >= 0.6 is 11.6 Å². The molecule has 2 aromatic rings. The van der Waals surface area contributed by atoms with Crippen molar-refractivity contribution in [1.82, 2.24) is 4.31 Å². The van der Waals surface area contributed by atoms with Crippen LogP contribution in [0, 0.1) is 5.82 Å². The molecule has 7 heteroatoms. The molecule has 0 unspecified atom stereocenters. The second-order valence-corrected chi connectivity index (χ2v) is 7.61. The molecule has 1 fully saturated rings. The fraction of sp³-hybridized carbons (Fsp3) is 0.250. The van der Waals surface area contributed by atoms with E-state index < -0.39 is 10.0 Å². The molecule has 23 heavy (non-hydrogen) atoms. The highest BCUT2D eigenvalue weighted by atomic mass is 35.5. The van der Waals surface area contributed by atoms with Crippen LogP contribution in [0.5, 0.6) is 0 Å². The molecule has 0 N–H and O–H groups in total. The zero-order valence-electron chi connectivity index (χ0n) is 12.3. The van der Waals surface area contributed by atoms with Gasteiger partial charge in [0.25, 0.3) is 0 Å². The van der Waals surface area contributed by atoms with Gasteiger partial charge in [0.2, 0.25) is 10.0 Å². The third-order valence-corrected chi connectivity index (χ3v) is 6.26. The quantitative estimate of drug-likeness (QED) is 0.850. The highest BCUT2D eigenvalue weighted by Gasteiger charge is 2.30. The van der Waals surface area contributed by atoms with Gasteiger partial charge in [0.15, 0.2) is 0 Å². The van der Waals surface area contributed by atoms with Crippen LogP contribution < -0.4 is 4.90 Å². The number of halogens is 2. The Labute approximate surface area is 140 Å². The van der Waals surface area contributed by atoms with Gasteiger partial charge >= 0.3 is 0 Å². The first kappa shape index (κ1) is 16.2. The van der Waals surface area contributed by atoms with Crippen molar-refractivity contribution >= 4 is 27.3 Å². The zero-order chi connectivity index (χ0) is 16.4. The molecule has 1 aliphatic heterocycles. The van der Waals surface area contributed by atoms with Crippen LogP contribution in [-0.2, 0) is 10.0 Å². The molecule has 0 amide bonds. The van der Waals surface area contributed by atoms with Gasteiger partial charge < -0.3 is 4.90 Å². The molecule has 3 rings (SSSR count). The van der Waals surface area contributed by atoms with Crippen molar-refractivity contribution in [2.45, 2.75) is 4.90 Å². The van der Waals surface area contributed by atoms with Gasteiger partial charge in [-0.2, -0.15) is 4.31 Å². The van der Waals surface area contributed by atoms with Gasteiger partial charge in [-0.25, -0.2) is 12.8 Å². The summed E-state index contributed by atoms with van der Waals surface area (Å²) in [5.74, 6) is -0.298. The predicted molar refractivity (Wildman–Crippen MR) is 88.8 cm³/mol. The fourth-order valence-corrected chi connectivity index (χ4v) is 4.57. The Kier molecular flexibility index (Phi) is 4.57. The lowest BCUT2D eigenvalue weighted by Gasteiger charge is -2.35. The van der Waals surface area contributed by atoms with Crippen LogP contribution in [0.2, 0.25) is 5.02 Å². The van der Waals surface area contributed by atoms with Crippen molar-refractivity contribution in [2.24, 2.45) is 0 Å². The molecule has 122 valence electrons. The van der Waals surface area contributed by atoms with E-state index in [0.717, 1.165) is 5.69 Å². The summed E-state index contributed by atoms with van der Waals surface area (Å²) in [6.07, 6.45) is 0. The summed E-state index contributed by atoms with van der Waals surface area (Å²) in [5, 5.41) is 0.222. The molecule has 1 heterocycles. The molecule has 1 saturated heterocycles. The van der Waals surface area contributed by atoms with Crippen molar-refractivity contribution in [3.63, 3.8) is 0 Å². The number of rotatable bonds is 3. The summed E-state index contributed by atoms with van der Waals surface area (Å²) >= 11 is 6.01. The molecule has 0 atom stereocenters. The summed E-state index contributed by atoms with van der Waals surface area (Å²) in [6.45, 7) is 1.69. The minimum absolute atomic E-state index is 0.126. The lowest BCUT2D eigenvalue weighted by Crippen LogP contribution is -2.48. The Hall–Kier alpha value is -1.63. The number of hydrogen-bond donors (Lipinski definition) is 0. The van der Waals surface area contributed by atoms with E-state index >= 15 is 0 Å². The van der Waals surface area contributed by atoms with Crippen LogP contribution in [0.15, 0.2) is 53.4 Å². The summed E-state index contributed by atoms with van der Waals surface area (Å²) in [6, 6.07) is 12.7. The lowest BCUT2D eigenvalue weighted by molar-refractivity contribution is 0.384. The average molecular weight is 355 g/mol. The predicted octanol–water partition coefficient (Wildman–Crippen LogP) is 2.99. The number of nitrogens with zero attached hydrogens (tertiary/aromatic N) is 2. The second kappa shape index (κ2) is 6.47. The minimum Gasteiger partial charge on any atom is -0.369 e. The largest absolute Gasteiger partial charge is 0.369 e. The molecule has 2 aromatic carbocycles. The molecule has 0 saturated carbocycles. The molecule has 4 nitrogen and oxygen atoms in total. The van der Waals surface area contributed by atoms with E-state index in [0.29, 0.717) is 26.2 Å². The monoisotopic (exact) mass is 354 g/mol. The maximum Gasteiger partial charge on any atom is 0.244 e. The Morgan fingerprint density at radius 2 is 1.65 bits per heavy atom. The first-order valence-electron chi connectivity index (χ1n) is 7.24. The second-order valence-electron chi connectivity index (χ2n) is 5.30. The van der Waals surface area contributed by atoms with E-state index in [2.05, 4.69) is 0 Å². The normalized spacial score (nSPS) is 16.5. The molecule has 0 spiro atoms. The van der Waals surface area contributed by atoms with Gasteiger partial charge in [0.05, 0.1) is 5.02 Å². The van der Waals surface area contributed by atoms with Gasteiger partial charge in [0.1, 0.15) is 10.7 Å². The third-order valence-electron chi connectivity index (χ3n) is 3.87. The van der Waals surface area contributed by atoms with Gasteiger partial charge in [-0.15, -0.1) is 0 Å². The summed E-state index contributed by atoms with van der Waals surface area (Å²) in [5.41, 5.74) is 0.764. The van der Waals surface area contributed by atoms with Crippen molar-refractivity contribution < 1.29 is 12.8 Å². The Morgan fingerprint density at radius 3 is 2.30 bits per heavy atom. The van der Waals surface area contributed by atoms with Crippen molar-refractivity contribution in [1.29, 1.82) is 0 Å². The lowest BCUT2D eigenvalue weighted by atomic mass is 10.2. The van der Waals surface area contributed by atoms with Crippen LogP contribution in [0.25, 0.3) is 0 Å². The molecule has 1 aliphatic rings. The maximum absolute atomic E-state index is 13.3. The van der Waals surface area contributed by atoms with Crippen LogP contribution in [0.4, 0.5) is 10.1 Å². The SMILES string of the molecule is O=S(=O)(c1ccccc1Cl)N1CCN(c2cccc(F)c2)CC1. The number of sulfonamides is 1. The van der Waals surface area contributed by atoms with Gasteiger partial charge in [-0.05, 0) is 30.3 Å². The highest BCUT2D eigenvalue weighted by molar-refractivity contribution is 7.89. The summed E-state index contributed by atoms with van der Waals surface area (Å²) < 4.78 is 40.1. The smallest absolute Gasteiger partial charge is 0.244 e. The number of hydrogen-bond acceptors (Lipinski definition) is 3. The van der Waals surface area contributed by atoms with E-state index in [9.17, 15) is 12.8 Å². The molecule has 0 aliphatic carbocycles.